The van der Waals surface area contributed by atoms with Crippen molar-refractivity contribution in [3.05, 3.63) is 57.3 Å². The first-order chi connectivity index (χ1) is 16.3. The van der Waals surface area contributed by atoms with E-state index in [1.54, 1.807) is 0 Å². The van der Waals surface area contributed by atoms with Crippen LogP contribution in [0.2, 0.25) is 0 Å². The molecular formula is C29H46N4O. The predicted octanol–water partition coefficient (Wildman–Crippen LogP) is 5.16. The fraction of sp³-hybridized carbons (Fsp3) is 0.483. The van der Waals surface area contributed by atoms with E-state index >= 15 is 0 Å². The first-order valence-electron chi connectivity index (χ1n) is 12.8. The van der Waals surface area contributed by atoms with Gasteiger partial charge in [-0.2, -0.15) is 0 Å². The van der Waals surface area contributed by atoms with E-state index in [9.17, 15) is 4.79 Å². The zero-order chi connectivity index (χ0) is 25.7. The summed E-state index contributed by atoms with van der Waals surface area (Å²) in [6.07, 6.45) is 4.45. The fourth-order valence-electron chi connectivity index (χ4n) is 3.74. The van der Waals surface area contributed by atoms with Crippen LogP contribution in [0.15, 0.2) is 24.3 Å². The molecule has 0 aliphatic heterocycles. The second-order valence-electron chi connectivity index (χ2n) is 8.60. The summed E-state index contributed by atoms with van der Waals surface area (Å²) in [5.74, 6) is 0.364. The average Bonchev–Trinajstić information content (AvgIpc) is 3.29. The lowest BCUT2D eigenvalue weighted by Crippen LogP contribution is -2.33. The van der Waals surface area contributed by atoms with Crippen LogP contribution in [0, 0.1) is 19.8 Å². The monoisotopic (exact) mass is 466 g/mol. The van der Waals surface area contributed by atoms with Gasteiger partial charge in [0, 0.05) is 39.4 Å². The van der Waals surface area contributed by atoms with E-state index in [-0.39, 0.29) is 5.91 Å². The number of benzene rings is 1. The molecule has 3 rings (SSSR count). The minimum Gasteiger partial charge on any atom is -0.358 e. The summed E-state index contributed by atoms with van der Waals surface area (Å²) in [5, 5.41) is 9.54. The van der Waals surface area contributed by atoms with Gasteiger partial charge in [-0.05, 0) is 57.0 Å². The Morgan fingerprint density at radius 3 is 2.38 bits per heavy atom. The van der Waals surface area contributed by atoms with Crippen LogP contribution in [-0.4, -0.2) is 35.5 Å². The number of hydrogen-bond acceptors (Lipinski definition) is 2. The number of aromatic amines is 2. The second kappa shape index (κ2) is 15.2. The van der Waals surface area contributed by atoms with E-state index in [2.05, 4.69) is 67.0 Å². The minimum absolute atomic E-state index is 0.0213. The van der Waals surface area contributed by atoms with Crippen molar-refractivity contribution in [3.8, 4) is 0 Å². The van der Waals surface area contributed by atoms with E-state index in [0.717, 1.165) is 63.5 Å². The van der Waals surface area contributed by atoms with Gasteiger partial charge in [0.15, 0.2) is 0 Å². The summed E-state index contributed by atoms with van der Waals surface area (Å²) in [7, 11) is 0. The van der Waals surface area contributed by atoms with Gasteiger partial charge in [0.1, 0.15) is 0 Å². The van der Waals surface area contributed by atoms with Crippen LogP contribution in [0.25, 0.3) is 23.6 Å². The molecule has 5 heteroatoms. The average molecular weight is 467 g/mol. The molecule has 0 aliphatic rings. The predicted molar refractivity (Wildman–Crippen MR) is 149 cm³/mol. The third-order valence-electron chi connectivity index (χ3n) is 5.35. The van der Waals surface area contributed by atoms with Gasteiger partial charge >= 0.3 is 0 Å². The molecule has 0 bridgehead atoms. The molecule has 0 spiro atoms. The van der Waals surface area contributed by atoms with Crippen LogP contribution < -0.4 is 21.2 Å². The molecule has 0 saturated heterocycles. The van der Waals surface area contributed by atoms with Crippen LogP contribution >= 0.6 is 0 Å². The SMILES string of the molecule is C=c1[nH]c2ccccc2/c1=C/c1[nH]c(C)c(C(=O)NCC(C)CNCCC)c1C.CC.CCC. The third kappa shape index (κ3) is 7.91. The summed E-state index contributed by atoms with van der Waals surface area (Å²) in [6, 6.07) is 8.16. The molecule has 1 amide bonds. The molecule has 5 nitrogen and oxygen atoms in total. The molecule has 188 valence electrons. The summed E-state index contributed by atoms with van der Waals surface area (Å²) in [4.78, 5) is 19.5. The zero-order valence-electron chi connectivity index (χ0n) is 22.6. The number of rotatable bonds is 8. The number of carbonyl (C=O) groups excluding carboxylic acids is 1. The highest BCUT2D eigenvalue weighted by atomic mass is 16.1. The van der Waals surface area contributed by atoms with E-state index < -0.39 is 0 Å². The van der Waals surface area contributed by atoms with Crippen LogP contribution in [0.4, 0.5) is 0 Å². The third-order valence-corrected chi connectivity index (χ3v) is 5.35. The number of hydrogen-bond donors (Lipinski definition) is 4. The van der Waals surface area contributed by atoms with Crippen molar-refractivity contribution in [3.63, 3.8) is 0 Å². The van der Waals surface area contributed by atoms with Crippen molar-refractivity contribution in [2.24, 2.45) is 5.92 Å². The molecule has 0 radical (unpaired) electrons. The highest BCUT2D eigenvalue weighted by Gasteiger charge is 2.18. The molecule has 1 unspecified atom stereocenters. The van der Waals surface area contributed by atoms with E-state index in [0.29, 0.717) is 12.5 Å². The number of para-hydroxylation sites is 1. The largest absolute Gasteiger partial charge is 0.358 e. The van der Waals surface area contributed by atoms with Crippen molar-refractivity contribution in [1.82, 2.24) is 20.6 Å². The number of H-pyrrole nitrogens is 2. The molecule has 0 aliphatic carbocycles. The van der Waals surface area contributed by atoms with Crippen molar-refractivity contribution in [1.29, 1.82) is 0 Å². The van der Waals surface area contributed by atoms with Gasteiger partial charge in [-0.15, -0.1) is 0 Å². The molecule has 3 aromatic rings. The Labute approximate surface area is 206 Å². The number of aryl methyl sites for hydroxylation is 1. The van der Waals surface area contributed by atoms with Gasteiger partial charge in [0.25, 0.3) is 5.91 Å². The Morgan fingerprint density at radius 2 is 1.74 bits per heavy atom. The lowest BCUT2D eigenvalue weighted by Gasteiger charge is -2.13. The number of aromatic nitrogens is 2. The summed E-state index contributed by atoms with van der Waals surface area (Å²) in [6.45, 7) is 23.2. The topological polar surface area (TPSA) is 72.7 Å². The molecular weight excluding hydrogens is 420 g/mol. The fourth-order valence-corrected chi connectivity index (χ4v) is 3.74. The number of carbonyl (C=O) groups is 1. The van der Waals surface area contributed by atoms with Crippen LogP contribution in [0.5, 0.6) is 0 Å². The lowest BCUT2D eigenvalue weighted by molar-refractivity contribution is 0.0947. The van der Waals surface area contributed by atoms with Crippen LogP contribution in [0.1, 0.15) is 81.7 Å². The molecule has 0 fully saturated rings. The van der Waals surface area contributed by atoms with Crippen molar-refractivity contribution in [2.75, 3.05) is 19.6 Å². The number of fused-ring (bicyclic) bond motifs is 1. The smallest absolute Gasteiger partial charge is 0.253 e. The van der Waals surface area contributed by atoms with E-state index in [1.807, 2.05) is 45.9 Å². The van der Waals surface area contributed by atoms with Crippen molar-refractivity contribution < 1.29 is 4.79 Å². The quantitative estimate of drug-likeness (QED) is 0.346. The molecule has 2 heterocycles. The van der Waals surface area contributed by atoms with Crippen LogP contribution in [0.3, 0.4) is 0 Å². The maximum Gasteiger partial charge on any atom is 0.253 e. The van der Waals surface area contributed by atoms with Gasteiger partial charge < -0.3 is 20.6 Å². The Kier molecular flexibility index (Phi) is 13.1. The lowest BCUT2D eigenvalue weighted by atomic mass is 10.1. The Balaban J connectivity index is 0.00000107. The Morgan fingerprint density at radius 1 is 1.09 bits per heavy atom. The maximum atomic E-state index is 12.8. The standard InChI is InChI=1S/C24H32N4O.C3H8.C2H6/c1-6-11-25-13-15(2)14-26-24(29)23-16(3)22(28-18(23)5)12-20-17(4)27-21-10-8-7-9-19(20)21;1-3-2;1-2/h7-10,12,15,25,27-28H,4,6,11,13-14H2,1-3,5H3,(H,26,29);3H2,1-2H3;1-2H3/b20-12+;;. The molecule has 2 aromatic heterocycles. The highest BCUT2D eigenvalue weighted by Crippen LogP contribution is 2.19. The zero-order valence-corrected chi connectivity index (χ0v) is 22.6. The van der Waals surface area contributed by atoms with Crippen molar-refractivity contribution >= 4 is 29.5 Å². The van der Waals surface area contributed by atoms with Gasteiger partial charge in [0.2, 0.25) is 0 Å². The molecule has 4 N–H and O–H groups in total. The maximum absolute atomic E-state index is 12.8. The Hall–Kier alpha value is -2.79. The first-order valence-corrected chi connectivity index (χ1v) is 12.8. The molecule has 0 saturated carbocycles. The van der Waals surface area contributed by atoms with Crippen molar-refractivity contribution in [2.45, 2.75) is 68.2 Å². The van der Waals surface area contributed by atoms with Gasteiger partial charge in [0.05, 0.1) is 5.56 Å². The van der Waals surface area contributed by atoms with E-state index in [4.69, 9.17) is 0 Å². The Bertz CT molecular complexity index is 1120. The van der Waals surface area contributed by atoms with Crippen LogP contribution in [-0.2, 0) is 0 Å². The first kappa shape index (κ1) is 29.2. The highest BCUT2D eigenvalue weighted by molar-refractivity contribution is 5.98. The number of nitrogens with one attached hydrogen (secondary N) is 4. The molecule has 1 atom stereocenters. The van der Waals surface area contributed by atoms with Gasteiger partial charge in [-0.3, -0.25) is 4.79 Å². The molecule has 34 heavy (non-hydrogen) atoms. The van der Waals surface area contributed by atoms with Gasteiger partial charge in [-0.1, -0.05) is 72.7 Å². The minimum atomic E-state index is -0.0213. The summed E-state index contributed by atoms with van der Waals surface area (Å²) >= 11 is 0. The number of amides is 1. The molecule has 1 aromatic carbocycles. The second-order valence-corrected chi connectivity index (χ2v) is 8.60. The summed E-state index contributed by atoms with van der Waals surface area (Å²) in [5.41, 5.74) is 4.58. The van der Waals surface area contributed by atoms with E-state index in [1.165, 1.54) is 6.42 Å². The summed E-state index contributed by atoms with van der Waals surface area (Å²) < 4.78 is 0. The normalized spacial score (nSPS) is 11.9. The van der Waals surface area contributed by atoms with Gasteiger partial charge in [-0.25, -0.2) is 0 Å².